The molecule has 0 N–H and O–H groups in total. The van der Waals surface area contributed by atoms with Crippen molar-refractivity contribution in [3.8, 4) is 0 Å². The summed E-state index contributed by atoms with van der Waals surface area (Å²) in [6.07, 6.45) is 6.19. The van der Waals surface area contributed by atoms with Crippen LogP contribution in [0.2, 0.25) is 0 Å². The molecule has 4 unspecified atom stereocenters. The summed E-state index contributed by atoms with van der Waals surface area (Å²) in [5.41, 5.74) is 0.209. The summed E-state index contributed by atoms with van der Waals surface area (Å²) < 4.78 is 30.1. The molecular formula is C18H27NO7S. The number of hydroxylamine groups is 2. The first-order valence-electron chi connectivity index (χ1n) is 8.74. The number of ether oxygens (including phenoxy) is 1. The predicted molar refractivity (Wildman–Crippen MR) is 96.3 cm³/mol. The minimum Gasteiger partial charge on any atom is -0.469 e. The van der Waals surface area contributed by atoms with Crippen molar-refractivity contribution in [3.05, 3.63) is 12.2 Å². The number of hydrogen-bond acceptors (Lipinski definition) is 7. The largest absolute Gasteiger partial charge is 0.469 e. The molecule has 0 radical (unpaired) electrons. The van der Waals surface area contributed by atoms with Gasteiger partial charge in [-0.25, -0.2) is 0 Å². The summed E-state index contributed by atoms with van der Waals surface area (Å²) in [5, 5.41) is 0.176. The van der Waals surface area contributed by atoms with Gasteiger partial charge in [0.2, 0.25) is 0 Å². The Labute approximate surface area is 160 Å². The highest BCUT2D eigenvalue weighted by atomic mass is 32.2. The van der Waals surface area contributed by atoms with Crippen LogP contribution in [-0.2, 0) is 33.5 Å². The number of nitrogens with zero attached hydrogens (tertiary/aromatic N) is 1. The average molecular weight is 401 g/mol. The van der Waals surface area contributed by atoms with Crippen molar-refractivity contribution in [2.45, 2.75) is 47.0 Å². The number of carbonyl (C=O) groups excluding carboxylic acids is 3. The summed E-state index contributed by atoms with van der Waals surface area (Å²) in [6, 6.07) is 0. The Bertz CT molecular complexity index is 787. The third-order valence-corrected chi connectivity index (χ3v) is 7.22. The quantitative estimate of drug-likeness (QED) is 0.524. The fourth-order valence-corrected chi connectivity index (χ4v) is 5.31. The van der Waals surface area contributed by atoms with E-state index in [0.29, 0.717) is 11.3 Å². The number of amides is 2. The second kappa shape index (κ2) is 6.70. The number of hydrogen-bond donors (Lipinski definition) is 0. The number of imide groups is 1. The molecule has 0 aromatic rings. The van der Waals surface area contributed by atoms with Crippen molar-refractivity contribution in [3.63, 3.8) is 0 Å². The van der Waals surface area contributed by atoms with E-state index in [1.165, 1.54) is 26.4 Å². The molecule has 8 nitrogen and oxygen atoms in total. The van der Waals surface area contributed by atoms with Crippen molar-refractivity contribution in [2.24, 2.45) is 22.2 Å². The van der Waals surface area contributed by atoms with E-state index in [-0.39, 0.29) is 21.9 Å². The van der Waals surface area contributed by atoms with Gasteiger partial charge in [0.25, 0.3) is 21.9 Å². The lowest BCUT2D eigenvalue weighted by molar-refractivity contribution is -0.164. The molecule has 0 aromatic heterocycles. The van der Waals surface area contributed by atoms with Crippen LogP contribution in [0, 0.1) is 22.2 Å². The summed E-state index contributed by atoms with van der Waals surface area (Å²) in [4.78, 5) is 33.4. The van der Waals surface area contributed by atoms with Gasteiger partial charge in [-0.2, -0.15) is 8.42 Å². The van der Waals surface area contributed by atoms with Gasteiger partial charge in [-0.3, -0.25) is 14.4 Å². The molecule has 4 atom stereocenters. The van der Waals surface area contributed by atoms with Crippen molar-refractivity contribution in [1.29, 1.82) is 0 Å². The third-order valence-electron chi connectivity index (χ3n) is 6.80. The molecule has 9 heteroatoms. The Hall–Kier alpha value is -1.74. The lowest BCUT2D eigenvalue weighted by Crippen LogP contribution is -2.47. The topological polar surface area (TPSA) is 107 Å². The Morgan fingerprint density at radius 3 is 2.04 bits per heavy atom. The van der Waals surface area contributed by atoms with Gasteiger partial charge in [0.1, 0.15) is 0 Å². The minimum atomic E-state index is -3.83. The van der Waals surface area contributed by atoms with Crippen LogP contribution in [0.1, 0.15) is 47.0 Å². The summed E-state index contributed by atoms with van der Waals surface area (Å²) in [7, 11) is -2.32. The second-order valence-corrected chi connectivity index (χ2v) is 9.95. The highest BCUT2D eigenvalue weighted by Crippen LogP contribution is 2.72. The Balaban J connectivity index is 0.000000199. The van der Waals surface area contributed by atoms with Gasteiger partial charge in [-0.1, -0.05) is 20.8 Å². The maximum Gasteiger partial charge on any atom is 0.312 e. The first-order valence-corrected chi connectivity index (χ1v) is 10.6. The van der Waals surface area contributed by atoms with Gasteiger partial charge in [0.05, 0.1) is 18.8 Å². The minimum absolute atomic E-state index is 0.0130. The monoisotopic (exact) mass is 401 g/mol. The van der Waals surface area contributed by atoms with Crippen LogP contribution < -0.4 is 0 Å². The lowest BCUT2D eigenvalue weighted by atomic mass is 9.58. The van der Waals surface area contributed by atoms with Gasteiger partial charge in [-0.15, -0.1) is 9.35 Å². The molecule has 0 saturated heterocycles. The van der Waals surface area contributed by atoms with E-state index < -0.39 is 21.9 Å². The van der Waals surface area contributed by atoms with E-state index in [1.54, 1.807) is 0 Å². The first-order chi connectivity index (χ1) is 12.2. The van der Waals surface area contributed by atoms with Crippen molar-refractivity contribution >= 4 is 27.9 Å². The van der Waals surface area contributed by atoms with E-state index in [0.717, 1.165) is 18.4 Å². The molecule has 2 saturated carbocycles. The van der Waals surface area contributed by atoms with Crippen molar-refractivity contribution in [1.82, 2.24) is 5.06 Å². The average Bonchev–Trinajstić information content (AvgIpc) is 3.11. The highest BCUT2D eigenvalue weighted by molar-refractivity contribution is 7.85. The summed E-state index contributed by atoms with van der Waals surface area (Å²) >= 11 is 0. The van der Waals surface area contributed by atoms with Crippen LogP contribution >= 0.6 is 0 Å². The van der Waals surface area contributed by atoms with E-state index in [9.17, 15) is 22.8 Å². The van der Waals surface area contributed by atoms with E-state index in [4.69, 9.17) is 4.74 Å². The summed E-state index contributed by atoms with van der Waals surface area (Å²) in [5.74, 6) is -1.19. The SMILES string of the molecule is COC(=O)C1(C)C(C)C2(C)CCC1(C)C2.CS(=O)(=O)ON1C(=O)C=CC1=O. The van der Waals surface area contributed by atoms with Crippen molar-refractivity contribution < 1.29 is 31.8 Å². The number of methoxy groups -OCH3 is 1. The van der Waals surface area contributed by atoms with Crippen LogP contribution in [0.3, 0.4) is 0 Å². The lowest BCUT2D eigenvalue weighted by Gasteiger charge is -2.45. The van der Waals surface area contributed by atoms with Crippen LogP contribution in [0.15, 0.2) is 12.2 Å². The Kier molecular flexibility index (Phi) is 5.35. The van der Waals surface area contributed by atoms with Gasteiger partial charge in [0.15, 0.2) is 0 Å². The predicted octanol–water partition coefficient (Wildman–Crippen LogP) is 1.81. The molecule has 3 rings (SSSR count). The molecule has 27 heavy (non-hydrogen) atoms. The fraction of sp³-hybridized carbons (Fsp3) is 0.722. The zero-order chi connectivity index (χ0) is 20.8. The maximum absolute atomic E-state index is 12.1. The van der Waals surface area contributed by atoms with Gasteiger partial charge < -0.3 is 4.74 Å². The first kappa shape index (κ1) is 21.6. The smallest absolute Gasteiger partial charge is 0.312 e. The van der Waals surface area contributed by atoms with Gasteiger partial charge in [0, 0.05) is 12.2 Å². The maximum atomic E-state index is 12.1. The Morgan fingerprint density at radius 1 is 1.15 bits per heavy atom. The molecular weight excluding hydrogens is 374 g/mol. The Morgan fingerprint density at radius 2 is 1.67 bits per heavy atom. The molecule has 152 valence electrons. The number of esters is 1. The number of rotatable bonds is 3. The van der Waals surface area contributed by atoms with Crippen molar-refractivity contribution in [2.75, 3.05) is 13.4 Å². The van der Waals surface area contributed by atoms with Gasteiger partial charge >= 0.3 is 5.97 Å². The van der Waals surface area contributed by atoms with E-state index in [2.05, 4.69) is 32.0 Å². The standard InChI is InChI=1S/C13H22O2.C5H5NO5S/c1-9-11(2)6-7-12(3,8-11)13(9,4)10(14)15-5;1-12(9,10)11-6-4(7)2-3-5(6)8/h9H,6-8H2,1-5H3;2-3H,1H3. The van der Waals surface area contributed by atoms with Gasteiger partial charge in [-0.05, 0) is 42.9 Å². The van der Waals surface area contributed by atoms with Crippen LogP contribution in [-0.4, -0.2) is 44.6 Å². The molecule has 2 aliphatic carbocycles. The normalized spacial score (nSPS) is 37.4. The zero-order valence-electron chi connectivity index (χ0n) is 16.6. The summed E-state index contributed by atoms with van der Waals surface area (Å²) in [6.45, 7) is 8.92. The van der Waals surface area contributed by atoms with Crippen LogP contribution in [0.25, 0.3) is 0 Å². The third kappa shape index (κ3) is 3.54. The molecule has 2 fully saturated rings. The van der Waals surface area contributed by atoms with Crippen LogP contribution in [0.4, 0.5) is 0 Å². The molecule has 3 aliphatic rings. The number of fused-ring (bicyclic) bond motifs is 2. The zero-order valence-corrected chi connectivity index (χ0v) is 17.4. The highest BCUT2D eigenvalue weighted by Gasteiger charge is 2.69. The molecule has 1 aliphatic heterocycles. The van der Waals surface area contributed by atoms with E-state index in [1.807, 2.05) is 0 Å². The molecule has 0 aromatic carbocycles. The molecule has 1 heterocycles. The molecule has 2 bridgehead atoms. The van der Waals surface area contributed by atoms with E-state index >= 15 is 0 Å². The van der Waals surface area contributed by atoms with Crippen LogP contribution in [0.5, 0.6) is 0 Å². The second-order valence-electron chi connectivity index (χ2n) is 8.39. The number of carbonyl (C=O) groups is 3. The molecule has 2 amide bonds. The molecule has 0 spiro atoms. The fourth-order valence-electron chi connectivity index (χ4n) is 4.89.